The van der Waals surface area contributed by atoms with Gasteiger partial charge in [-0.1, -0.05) is 41.5 Å². The molecular formula is C28H25N3. The second kappa shape index (κ2) is 8.77. The van der Waals surface area contributed by atoms with Crippen molar-refractivity contribution < 1.29 is 0 Å². The first-order valence-electron chi connectivity index (χ1n) is 10.3. The van der Waals surface area contributed by atoms with Crippen molar-refractivity contribution >= 4 is 28.4 Å². The zero-order valence-electron chi connectivity index (χ0n) is 18.1. The quantitative estimate of drug-likeness (QED) is 0.347. The monoisotopic (exact) mass is 403 g/mol. The maximum Gasteiger partial charge on any atom is 0.0992 e. The third-order valence-corrected chi connectivity index (χ3v) is 5.44. The SMILES string of the molecule is Cc1ccc(N(c2ccc(C)cc2)c2ccc(N(C)c3cccc(C#N)c3)cc2)cc1. The topological polar surface area (TPSA) is 30.3 Å². The Labute approximate surface area is 184 Å². The predicted molar refractivity (Wildman–Crippen MR) is 130 cm³/mol. The number of aryl methyl sites for hydroxylation is 2. The molecule has 4 aromatic carbocycles. The number of nitriles is 1. The molecule has 0 saturated carbocycles. The number of anilines is 5. The Morgan fingerprint density at radius 1 is 0.581 bits per heavy atom. The molecule has 3 nitrogen and oxygen atoms in total. The number of benzene rings is 4. The van der Waals surface area contributed by atoms with Crippen LogP contribution in [0.2, 0.25) is 0 Å². The molecule has 0 spiro atoms. The molecule has 3 heteroatoms. The first-order chi connectivity index (χ1) is 15.0. The van der Waals surface area contributed by atoms with Gasteiger partial charge in [0.05, 0.1) is 11.6 Å². The van der Waals surface area contributed by atoms with Gasteiger partial charge in [-0.05, 0) is 80.6 Å². The van der Waals surface area contributed by atoms with E-state index >= 15 is 0 Å². The van der Waals surface area contributed by atoms with Crippen LogP contribution in [0.5, 0.6) is 0 Å². The van der Waals surface area contributed by atoms with Crippen molar-refractivity contribution in [2.45, 2.75) is 13.8 Å². The summed E-state index contributed by atoms with van der Waals surface area (Å²) in [5.74, 6) is 0. The van der Waals surface area contributed by atoms with Crippen molar-refractivity contribution in [2.24, 2.45) is 0 Å². The third kappa shape index (κ3) is 4.44. The smallest absolute Gasteiger partial charge is 0.0992 e. The average molecular weight is 404 g/mol. The van der Waals surface area contributed by atoms with Crippen LogP contribution in [0, 0.1) is 25.2 Å². The van der Waals surface area contributed by atoms with Gasteiger partial charge < -0.3 is 9.80 Å². The number of hydrogen-bond acceptors (Lipinski definition) is 3. The molecule has 4 rings (SSSR count). The van der Waals surface area contributed by atoms with Gasteiger partial charge in [0.1, 0.15) is 0 Å². The Balaban J connectivity index is 1.70. The fourth-order valence-corrected chi connectivity index (χ4v) is 3.59. The molecule has 0 aromatic heterocycles. The highest BCUT2D eigenvalue weighted by Gasteiger charge is 2.13. The third-order valence-electron chi connectivity index (χ3n) is 5.44. The van der Waals surface area contributed by atoms with Crippen molar-refractivity contribution in [1.29, 1.82) is 5.26 Å². The van der Waals surface area contributed by atoms with E-state index in [0.29, 0.717) is 5.56 Å². The van der Waals surface area contributed by atoms with Gasteiger partial charge in [0.25, 0.3) is 0 Å². The minimum Gasteiger partial charge on any atom is -0.345 e. The summed E-state index contributed by atoms with van der Waals surface area (Å²) in [6.45, 7) is 4.21. The highest BCUT2D eigenvalue weighted by Crippen LogP contribution is 2.36. The minimum absolute atomic E-state index is 0.658. The summed E-state index contributed by atoms with van der Waals surface area (Å²) in [7, 11) is 2.02. The molecule has 0 aliphatic carbocycles. The first kappa shape index (κ1) is 20.3. The van der Waals surface area contributed by atoms with E-state index in [4.69, 9.17) is 0 Å². The molecule has 0 heterocycles. The van der Waals surface area contributed by atoms with E-state index in [0.717, 1.165) is 28.4 Å². The van der Waals surface area contributed by atoms with Gasteiger partial charge in [-0.25, -0.2) is 0 Å². The summed E-state index contributed by atoms with van der Waals surface area (Å²) in [6.07, 6.45) is 0. The van der Waals surface area contributed by atoms with Crippen molar-refractivity contribution in [3.05, 3.63) is 114 Å². The molecule has 0 bridgehead atoms. The maximum absolute atomic E-state index is 9.19. The van der Waals surface area contributed by atoms with Crippen molar-refractivity contribution in [3.8, 4) is 6.07 Å². The van der Waals surface area contributed by atoms with E-state index in [9.17, 15) is 5.26 Å². The molecule has 0 N–H and O–H groups in total. The van der Waals surface area contributed by atoms with Gasteiger partial charge in [-0.2, -0.15) is 5.26 Å². The Kier molecular flexibility index (Phi) is 5.73. The van der Waals surface area contributed by atoms with Crippen LogP contribution in [0.1, 0.15) is 16.7 Å². The van der Waals surface area contributed by atoms with Crippen LogP contribution < -0.4 is 9.80 Å². The van der Waals surface area contributed by atoms with Crippen LogP contribution in [0.25, 0.3) is 0 Å². The lowest BCUT2D eigenvalue weighted by Crippen LogP contribution is -2.12. The molecule has 0 atom stereocenters. The van der Waals surface area contributed by atoms with E-state index in [2.05, 4.69) is 103 Å². The summed E-state index contributed by atoms with van der Waals surface area (Å²) < 4.78 is 0. The van der Waals surface area contributed by atoms with Crippen LogP contribution in [-0.4, -0.2) is 7.05 Å². The Morgan fingerprint density at radius 2 is 1.03 bits per heavy atom. The molecule has 0 aliphatic heterocycles. The molecule has 152 valence electrons. The van der Waals surface area contributed by atoms with E-state index in [1.165, 1.54) is 11.1 Å². The predicted octanol–water partition coefficient (Wildman–Crippen LogP) is 7.41. The van der Waals surface area contributed by atoms with E-state index in [-0.39, 0.29) is 0 Å². The second-order valence-corrected chi connectivity index (χ2v) is 7.74. The zero-order valence-corrected chi connectivity index (χ0v) is 18.1. The number of nitrogens with zero attached hydrogens (tertiary/aromatic N) is 3. The molecular weight excluding hydrogens is 378 g/mol. The lowest BCUT2D eigenvalue weighted by atomic mass is 10.1. The van der Waals surface area contributed by atoms with Crippen LogP contribution >= 0.6 is 0 Å². The minimum atomic E-state index is 0.658. The molecule has 0 saturated heterocycles. The molecule has 0 unspecified atom stereocenters. The Morgan fingerprint density at radius 3 is 1.52 bits per heavy atom. The average Bonchev–Trinajstić information content (AvgIpc) is 2.82. The summed E-state index contributed by atoms with van der Waals surface area (Å²) >= 11 is 0. The van der Waals surface area contributed by atoms with Gasteiger partial charge in [0, 0.05) is 35.5 Å². The zero-order chi connectivity index (χ0) is 21.8. The van der Waals surface area contributed by atoms with E-state index < -0.39 is 0 Å². The maximum atomic E-state index is 9.19. The Bertz CT molecular complexity index is 1160. The van der Waals surface area contributed by atoms with Gasteiger partial charge in [0.2, 0.25) is 0 Å². The van der Waals surface area contributed by atoms with Crippen LogP contribution in [0.3, 0.4) is 0 Å². The molecule has 0 amide bonds. The second-order valence-electron chi connectivity index (χ2n) is 7.74. The fraction of sp³-hybridized carbons (Fsp3) is 0.107. The van der Waals surface area contributed by atoms with Gasteiger partial charge in [-0.3, -0.25) is 0 Å². The fourth-order valence-electron chi connectivity index (χ4n) is 3.59. The normalized spacial score (nSPS) is 10.4. The summed E-state index contributed by atoms with van der Waals surface area (Å²) in [4.78, 5) is 4.35. The lowest BCUT2D eigenvalue weighted by molar-refractivity contribution is 1.20. The van der Waals surface area contributed by atoms with Gasteiger partial charge in [0.15, 0.2) is 0 Å². The van der Waals surface area contributed by atoms with Gasteiger partial charge in [-0.15, -0.1) is 0 Å². The molecule has 0 radical (unpaired) electrons. The van der Waals surface area contributed by atoms with Gasteiger partial charge >= 0.3 is 0 Å². The molecule has 31 heavy (non-hydrogen) atoms. The molecule has 0 fully saturated rings. The number of hydrogen-bond donors (Lipinski definition) is 0. The molecule has 4 aromatic rings. The lowest BCUT2D eigenvalue weighted by Gasteiger charge is -2.27. The van der Waals surface area contributed by atoms with Crippen molar-refractivity contribution in [1.82, 2.24) is 0 Å². The number of rotatable bonds is 5. The Hall–Kier alpha value is -4.03. The van der Waals surface area contributed by atoms with Crippen molar-refractivity contribution in [3.63, 3.8) is 0 Å². The standard InChI is InChI=1S/C28H25N3/c1-21-7-11-25(12-8-21)31(26-13-9-22(2)10-14-26)27-17-15-24(16-18-27)30(3)28-6-4-5-23(19-28)20-29/h4-19H,1-3H3. The summed E-state index contributed by atoms with van der Waals surface area (Å²) in [5.41, 5.74) is 8.52. The summed E-state index contributed by atoms with van der Waals surface area (Å²) in [6, 6.07) is 35.5. The highest BCUT2D eigenvalue weighted by molar-refractivity contribution is 5.78. The summed E-state index contributed by atoms with van der Waals surface area (Å²) in [5, 5.41) is 9.19. The molecule has 0 aliphatic rings. The highest BCUT2D eigenvalue weighted by atomic mass is 15.1. The van der Waals surface area contributed by atoms with Crippen LogP contribution in [-0.2, 0) is 0 Å². The van der Waals surface area contributed by atoms with Crippen molar-refractivity contribution in [2.75, 3.05) is 16.8 Å². The largest absolute Gasteiger partial charge is 0.345 e. The first-order valence-corrected chi connectivity index (χ1v) is 10.3. The van der Waals surface area contributed by atoms with E-state index in [1.54, 1.807) is 0 Å². The van der Waals surface area contributed by atoms with Crippen LogP contribution in [0.15, 0.2) is 97.1 Å². The van der Waals surface area contributed by atoms with Crippen LogP contribution in [0.4, 0.5) is 28.4 Å². The van der Waals surface area contributed by atoms with E-state index in [1.807, 2.05) is 31.3 Å².